The lowest BCUT2D eigenvalue weighted by atomic mass is 10.1. The number of carbonyl (C=O) groups is 1. The number of nitrogens with one attached hydrogen (secondary N) is 1. The van der Waals surface area contributed by atoms with Gasteiger partial charge in [-0.05, 0) is 54.6 Å². The number of aromatic nitrogens is 2. The predicted molar refractivity (Wildman–Crippen MR) is 113 cm³/mol. The van der Waals surface area contributed by atoms with Crippen LogP contribution in [0.15, 0.2) is 65.6 Å². The number of nitrogens with zero attached hydrogens (tertiary/aromatic N) is 3. The van der Waals surface area contributed by atoms with E-state index in [9.17, 15) is 17.6 Å². The molecule has 162 valence electrons. The summed E-state index contributed by atoms with van der Waals surface area (Å²) in [6.07, 6.45) is 0. The van der Waals surface area contributed by atoms with Crippen LogP contribution in [0.5, 0.6) is 5.88 Å². The molecule has 31 heavy (non-hydrogen) atoms. The van der Waals surface area contributed by atoms with Gasteiger partial charge in [0.05, 0.1) is 17.1 Å². The normalized spacial score (nSPS) is 11.4. The second kappa shape index (κ2) is 9.63. The Kier molecular flexibility index (Phi) is 6.93. The number of ether oxygens (including phenoxy) is 1. The van der Waals surface area contributed by atoms with Crippen LogP contribution in [-0.4, -0.2) is 56.1 Å². The maximum absolute atomic E-state index is 13.0. The van der Waals surface area contributed by atoms with Crippen LogP contribution in [0.25, 0.3) is 11.3 Å². The molecule has 2 aromatic carbocycles. The first-order valence-corrected chi connectivity index (χ1v) is 10.7. The minimum absolute atomic E-state index is 0.111. The highest BCUT2D eigenvalue weighted by atomic mass is 32.2. The van der Waals surface area contributed by atoms with Gasteiger partial charge in [0.25, 0.3) is 5.91 Å². The van der Waals surface area contributed by atoms with Crippen LogP contribution < -0.4 is 10.1 Å². The molecule has 0 aliphatic carbocycles. The number of sulfonamides is 1. The molecule has 3 rings (SSSR count). The van der Waals surface area contributed by atoms with Gasteiger partial charge in [-0.3, -0.25) is 4.79 Å². The second-order valence-electron chi connectivity index (χ2n) is 6.68. The fourth-order valence-electron chi connectivity index (χ4n) is 2.58. The van der Waals surface area contributed by atoms with E-state index in [1.165, 1.54) is 50.5 Å². The Hall–Kier alpha value is -3.37. The lowest BCUT2D eigenvalue weighted by Gasteiger charge is -2.11. The molecule has 0 unspecified atom stereocenters. The highest BCUT2D eigenvalue weighted by Crippen LogP contribution is 2.18. The summed E-state index contributed by atoms with van der Waals surface area (Å²) in [4.78, 5) is 12.3. The van der Waals surface area contributed by atoms with Crippen molar-refractivity contribution in [3.8, 4) is 17.1 Å². The first kappa shape index (κ1) is 22.3. The lowest BCUT2D eigenvalue weighted by molar-refractivity contribution is 0.0946. The molecule has 0 radical (unpaired) electrons. The Morgan fingerprint density at radius 3 is 2.26 bits per heavy atom. The summed E-state index contributed by atoms with van der Waals surface area (Å²) >= 11 is 0. The highest BCUT2D eigenvalue weighted by Gasteiger charge is 2.17. The van der Waals surface area contributed by atoms with E-state index < -0.39 is 10.0 Å². The number of rotatable bonds is 8. The highest BCUT2D eigenvalue weighted by molar-refractivity contribution is 7.89. The number of hydrogen-bond acceptors (Lipinski definition) is 6. The Morgan fingerprint density at radius 2 is 1.68 bits per heavy atom. The van der Waals surface area contributed by atoms with E-state index in [1.54, 1.807) is 24.3 Å². The molecule has 3 aromatic rings. The molecule has 0 aliphatic heterocycles. The summed E-state index contributed by atoms with van der Waals surface area (Å²) in [5.74, 6) is -0.387. The third-order valence-corrected chi connectivity index (χ3v) is 6.14. The lowest BCUT2D eigenvalue weighted by Crippen LogP contribution is -2.28. The summed E-state index contributed by atoms with van der Waals surface area (Å²) in [5, 5.41) is 10.7. The van der Waals surface area contributed by atoms with Crippen molar-refractivity contribution in [1.82, 2.24) is 19.8 Å². The van der Waals surface area contributed by atoms with E-state index in [1.807, 2.05) is 0 Å². The van der Waals surface area contributed by atoms with Gasteiger partial charge >= 0.3 is 0 Å². The fraction of sp³-hybridized carbons (Fsp3) is 0.190. The summed E-state index contributed by atoms with van der Waals surface area (Å²) < 4.78 is 43.7. The first-order valence-electron chi connectivity index (χ1n) is 9.30. The molecule has 1 heterocycles. The van der Waals surface area contributed by atoms with Crippen LogP contribution in [0.1, 0.15) is 10.4 Å². The Morgan fingerprint density at radius 1 is 1.00 bits per heavy atom. The van der Waals surface area contributed by atoms with Gasteiger partial charge in [-0.15, -0.1) is 10.2 Å². The first-order chi connectivity index (χ1) is 14.8. The van der Waals surface area contributed by atoms with Crippen molar-refractivity contribution in [2.75, 3.05) is 27.2 Å². The van der Waals surface area contributed by atoms with Gasteiger partial charge in [0, 0.05) is 31.3 Å². The SMILES string of the molecule is CN(C)S(=O)(=O)c1ccc(C(=O)NCCOc2ccc(-c3ccc(F)cc3)nn2)cc1. The molecule has 0 aliphatic rings. The number of amides is 1. The molecule has 0 saturated carbocycles. The molecule has 0 bridgehead atoms. The van der Waals surface area contributed by atoms with E-state index in [4.69, 9.17) is 4.74 Å². The molecule has 10 heteroatoms. The summed E-state index contributed by atoms with van der Waals surface area (Å²) in [6.45, 7) is 0.390. The van der Waals surface area contributed by atoms with Gasteiger partial charge < -0.3 is 10.1 Å². The van der Waals surface area contributed by atoms with Crippen molar-refractivity contribution >= 4 is 15.9 Å². The van der Waals surface area contributed by atoms with Crippen LogP contribution in [0.2, 0.25) is 0 Å². The molecular weight excluding hydrogens is 423 g/mol. The fourth-order valence-corrected chi connectivity index (χ4v) is 3.48. The molecule has 0 spiro atoms. The Bertz CT molecular complexity index is 1130. The maximum Gasteiger partial charge on any atom is 0.251 e. The molecule has 8 nitrogen and oxygen atoms in total. The monoisotopic (exact) mass is 444 g/mol. The van der Waals surface area contributed by atoms with E-state index in [-0.39, 0.29) is 29.8 Å². The second-order valence-corrected chi connectivity index (χ2v) is 8.83. The zero-order valence-electron chi connectivity index (χ0n) is 16.9. The van der Waals surface area contributed by atoms with Crippen molar-refractivity contribution in [2.45, 2.75) is 4.90 Å². The van der Waals surface area contributed by atoms with Crippen LogP contribution >= 0.6 is 0 Å². The molecule has 0 atom stereocenters. The van der Waals surface area contributed by atoms with Crippen LogP contribution in [0.3, 0.4) is 0 Å². The number of benzene rings is 2. The van der Waals surface area contributed by atoms with Gasteiger partial charge in [0.1, 0.15) is 12.4 Å². The van der Waals surface area contributed by atoms with Crippen LogP contribution in [0.4, 0.5) is 4.39 Å². The minimum atomic E-state index is -3.54. The van der Waals surface area contributed by atoms with E-state index in [0.29, 0.717) is 17.1 Å². The number of carbonyl (C=O) groups excluding carboxylic acids is 1. The third-order valence-electron chi connectivity index (χ3n) is 4.31. The van der Waals surface area contributed by atoms with Crippen molar-refractivity contribution < 1.29 is 22.3 Å². The smallest absolute Gasteiger partial charge is 0.251 e. The molecule has 1 amide bonds. The third kappa shape index (κ3) is 5.62. The number of halogens is 1. The molecule has 0 fully saturated rings. The predicted octanol–water partition coefficient (Wildman–Crippen LogP) is 2.34. The Balaban J connectivity index is 1.48. The van der Waals surface area contributed by atoms with Gasteiger partial charge in [-0.2, -0.15) is 0 Å². The summed E-state index contributed by atoms with van der Waals surface area (Å²) in [7, 11) is -0.659. The van der Waals surface area contributed by atoms with Gasteiger partial charge in [0.15, 0.2) is 0 Å². The zero-order chi connectivity index (χ0) is 22.4. The molecule has 0 saturated heterocycles. The molecular formula is C21H21FN4O4S. The van der Waals surface area contributed by atoms with Gasteiger partial charge in [-0.25, -0.2) is 17.1 Å². The van der Waals surface area contributed by atoms with Gasteiger partial charge in [0.2, 0.25) is 15.9 Å². The average Bonchev–Trinajstić information content (AvgIpc) is 2.77. The van der Waals surface area contributed by atoms with E-state index in [0.717, 1.165) is 9.87 Å². The number of hydrogen-bond donors (Lipinski definition) is 1. The van der Waals surface area contributed by atoms with Crippen molar-refractivity contribution in [3.05, 3.63) is 72.0 Å². The van der Waals surface area contributed by atoms with E-state index in [2.05, 4.69) is 15.5 Å². The average molecular weight is 444 g/mol. The van der Waals surface area contributed by atoms with Crippen molar-refractivity contribution in [2.24, 2.45) is 0 Å². The van der Waals surface area contributed by atoms with Gasteiger partial charge in [-0.1, -0.05) is 0 Å². The summed E-state index contributed by atoms with van der Waals surface area (Å²) in [6, 6.07) is 14.9. The van der Waals surface area contributed by atoms with Crippen molar-refractivity contribution in [1.29, 1.82) is 0 Å². The summed E-state index contributed by atoms with van der Waals surface area (Å²) in [5.41, 5.74) is 1.65. The van der Waals surface area contributed by atoms with Crippen molar-refractivity contribution in [3.63, 3.8) is 0 Å². The zero-order valence-corrected chi connectivity index (χ0v) is 17.8. The topological polar surface area (TPSA) is 101 Å². The molecule has 1 N–H and O–H groups in total. The Labute approximate surface area is 179 Å². The van der Waals surface area contributed by atoms with Crippen LogP contribution in [0, 0.1) is 5.82 Å². The van der Waals surface area contributed by atoms with Crippen LogP contribution in [-0.2, 0) is 10.0 Å². The minimum Gasteiger partial charge on any atom is -0.475 e. The molecule has 1 aromatic heterocycles. The maximum atomic E-state index is 13.0. The quantitative estimate of drug-likeness (QED) is 0.535. The standard InChI is InChI=1S/C21H21FN4O4S/c1-26(2)31(28,29)18-9-5-16(6-10-18)21(27)23-13-14-30-20-12-11-19(24-25-20)15-3-7-17(22)8-4-15/h3-12H,13-14H2,1-2H3,(H,23,27). The largest absolute Gasteiger partial charge is 0.475 e. The van der Waals surface area contributed by atoms with E-state index >= 15 is 0 Å².